The highest BCUT2D eigenvalue weighted by Crippen LogP contribution is 2.18. The Labute approximate surface area is 246 Å². The van der Waals surface area contributed by atoms with Gasteiger partial charge in [0, 0.05) is 0 Å². The van der Waals surface area contributed by atoms with Crippen LogP contribution in [-0.4, -0.2) is 21.6 Å². The third-order valence-corrected chi connectivity index (χ3v) is 9.52. The molecule has 0 aliphatic rings. The fourth-order valence-corrected chi connectivity index (χ4v) is 5.97. The molecule has 0 aliphatic carbocycles. The lowest BCUT2D eigenvalue weighted by Gasteiger charge is -2.14. The first kappa shape index (κ1) is 38.9. The first-order valence-electron chi connectivity index (χ1n) is 17.2. The first-order chi connectivity index (χ1) is 18.7. The van der Waals surface area contributed by atoms with Crippen LogP contribution in [0.4, 0.5) is 0 Å². The monoisotopic (exact) mass is 574 g/mol. The van der Waals surface area contributed by atoms with E-state index in [-0.39, 0.29) is 25.0 Å². The first-order valence-corrected chi connectivity index (χ1v) is 18.6. The third kappa shape index (κ3) is 27.8. The highest BCUT2D eigenvalue weighted by molar-refractivity contribution is 7.81. The number of rotatable bonds is 30. The molecule has 4 unspecified atom stereocenters. The summed E-state index contributed by atoms with van der Waals surface area (Å²) in [6.07, 6.45) is 28.4. The summed E-state index contributed by atoms with van der Waals surface area (Å²) in [5, 5.41) is 0. The molecule has 0 saturated heterocycles. The molecule has 0 bridgehead atoms. The van der Waals surface area contributed by atoms with Gasteiger partial charge in [0.15, 0.2) is 0 Å². The predicted octanol–water partition coefficient (Wildman–Crippen LogP) is 11.4. The molecule has 39 heavy (non-hydrogen) atoms. The van der Waals surface area contributed by atoms with Crippen molar-refractivity contribution in [3.05, 3.63) is 0 Å². The van der Waals surface area contributed by atoms with Gasteiger partial charge < -0.3 is 0 Å². The van der Waals surface area contributed by atoms with Crippen LogP contribution in [0.25, 0.3) is 0 Å². The molecule has 0 rings (SSSR count). The Balaban J connectivity index is 3.60. The van der Waals surface area contributed by atoms with Crippen molar-refractivity contribution in [2.24, 2.45) is 23.7 Å². The average Bonchev–Trinajstić information content (AvgIpc) is 2.92. The van der Waals surface area contributed by atoms with Crippen LogP contribution in [0.1, 0.15) is 183 Å². The quantitative estimate of drug-likeness (QED) is 0.0800. The average molecular weight is 575 g/mol. The zero-order valence-electron chi connectivity index (χ0n) is 27.3. The fourth-order valence-electron chi connectivity index (χ4n) is 5.10. The molecular weight excluding hydrogens is 504 g/mol. The molecule has 0 aliphatic heterocycles. The summed E-state index contributed by atoms with van der Waals surface area (Å²) in [5.41, 5.74) is 0. The van der Waals surface area contributed by atoms with E-state index >= 15 is 0 Å². The Morgan fingerprint density at radius 1 is 0.410 bits per heavy atom. The van der Waals surface area contributed by atoms with Crippen molar-refractivity contribution in [2.45, 2.75) is 183 Å². The van der Waals surface area contributed by atoms with Crippen molar-refractivity contribution in [1.82, 2.24) is 0 Å². The van der Waals surface area contributed by atoms with Crippen LogP contribution in [0.15, 0.2) is 0 Å². The largest absolute Gasteiger partial charge is 0.399 e. The smallest absolute Gasteiger partial charge is 0.248 e. The molecule has 0 spiro atoms. The maximum Gasteiger partial charge on any atom is 0.399 e. The van der Waals surface area contributed by atoms with Gasteiger partial charge in [-0.3, -0.25) is 0 Å². The Bertz CT molecular complexity index is 560. The molecule has 0 saturated carbocycles. The molecule has 4 atom stereocenters. The minimum absolute atomic E-state index is 0.227. The molecule has 4 nitrogen and oxygen atoms in total. The maximum atomic E-state index is 12.2. The van der Waals surface area contributed by atoms with E-state index < -0.39 is 10.4 Å². The molecule has 0 N–H and O–H groups in total. The van der Waals surface area contributed by atoms with Gasteiger partial charge in [0.2, 0.25) is 0 Å². The van der Waals surface area contributed by atoms with Crippen molar-refractivity contribution in [2.75, 3.05) is 13.2 Å². The second-order valence-corrected chi connectivity index (χ2v) is 14.3. The molecule has 0 amide bonds. The van der Waals surface area contributed by atoms with Crippen LogP contribution in [-0.2, 0) is 18.8 Å². The highest BCUT2D eigenvalue weighted by Gasteiger charge is 2.16. The van der Waals surface area contributed by atoms with Gasteiger partial charge in [-0.25, -0.2) is 8.37 Å². The van der Waals surface area contributed by atoms with E-state index in [1.807, 2.05) is 0 Å². The number of hydrogen-bond acceptors (Lipinski definition) is 4. The summed E-state index contributed by atoms with van der Waals surface area (Å²) in [4.78, 5) is 0. The molecular formula is C34H70O4S. The molecule has 5 heteroatoms. The molecule has 0 aromatic carbocycles. The van der Waals surface area contributed by atoms with Crippen LogP contribution >= 0.6 is 0 Å². The van der Waals surface area contributed by atoms with Gasteiger partial charge in [0.25, 0.3) is 0 Å². The summed E-state index contributed by atoms with van der Waals surface area (Å²) in [7, 11) is -3.89. The standard InChI is InChI=1S/C34H70O4S/c1-7-31(3)25-21-17-13-9-11-15-19-23-27-33(5)29-37-39(35,36)38-30-34(6)28-24-20-16-12-10-14-18-22-26-32(4)8-2/h31-34H,7-30H2,1-6H3. The highest BCUT2D eigenvalue weighted by atomic mass is 32.3. The fraction of sp³-hybridized carbons (Fsp3) is 1.00. The minimum atomic E-state index is -3.89. The van der Waals surface area contributed by atoms with E-state index in [1.54, 1.807) is 0 Å². The van der Waals surface area contributed by atoms with E-state index in [0.717, 1.165) is 37.5 Å². The second kappa shape index (κ2) is 26.7. The molecule has 236 valence electrons. The zero-order chi connectivity index (χ0) is 29.2. The van der Waals surface area contributed by atoms with Crippen LogP contribution < -0.4 is 0 Å². The van der Waals surface area contributed by atoms with Crippen molar-refractivity contribution in [3.8, 4) is 0 Å². The van der Waals surface area contributed by atoms with E-state index in [0.29, 0.717) is 0 Å². The number of hydrogen-bond donors (Lipinski definition) is 0. The lowest BCUT2D eigenvalue weighted by atomic mass is 9.99. The van der Waals surface area contributed by atoms with E-state index in [1.165, 1.54) is 116 Å². The topological polar surface area (TPSA) is 52.6 Å². The van der Waals surface area contributed by atoms with Crippen LogP contribution in [0.3, 0.4) is 0 Å². The lowest BCUT2D eigenvalue weighted by Crippen LogP contribution is -2.18. The molecule has 0 aromatic heterocycles. The summed E-state index contributed by atoms with van der Waals surface area (Å²) < 4.78 is 34.6. The third-order valence-electron chi connectivity index (χ3n) is 8.68. The van der Waals surface area contributed by atoms with E-state index in [4.69, 9.17) is 8.37 Å². The Morgan fingerprint density at radius 3 is 0.897 bits per heavy atom. The lowest BCUT2D eigenvalue weighted by molar-refractivity contribution is 0.170. The molecule has 0 fully saturated rings. The van der Waals surface area contributed by atoms with Crippen molar-refractivity contribution < 1.29 is 16.8 Å². The van der Waals surface area contributed by atoms with E-state index in [2.05, 4.69) is 41.5 Å². The summed E-state index contributed by atoms with van der Waals surface area (Å²) in [5.74, 6) is 2.24. The van der Waals surface area contributed by atoms with Crippen molar-refractivity contribution in [1.29, 1.82) is 0 Å². The van der Waals surface area contributed by atoms with Gasteiger partial charge >= 0.3 is 10.4 Å². The Morgan fingerprint density at radius 2 is 0.641 bits per heavy atom. The van der Waals surface area contributed by atoms with Gasteiger partial charge in [-0.2, -0.15) is 8.42 Å². The number of unbranched alkanes of at least 4 members (excludes halogenated alkanes) is 14. The van der Waals surface area contributed by atoms with Crippen LogP contribution in [0, 0.1) is 23.7 Å². The molecule has 0 heterocycles. The molecule has 0 radical (unpaired) electrons. The zero-order valence-corrected chi connectivity index (χ0v) is 28.1. The summed E-state index contributed by atoms with van der Waals surface area (Å²) >= 11 is 0. The maximum absolute atomic E-state index is 12.2. The molecule has 0 aromatic rings. The SMILES string of the molecule is CCC(C)CCCCCCCCCCC(C)COS(=O)(=O)OCC(C)CCCCCCCCCCC(C)CC. The van der Waals surface area contributed by atoms with Crippen LogP contribution in [0.2, 0.25) is 0 Å². The van der Waals surface area contributed by atoms with Gasteiger partial charge in [0.05, 0.1) is 13.2 Å². The Kier molecular flexibility index (Phi) is 26.7. The Hall–Kier alpha value is -0.130. The van der Waals surface area contributed by atoms with Crippen molar-refractivity contribution in [3.63, 3.8) is 0 Å². The summed E-state index contributed by atoms with van der Waals surface area (Å²) in [6, 6.07) is 0. The summed E-state index contributed by atoms with van der Waals surface area (Å²) in [6.45, 7) is 13.9. The van der Waals surface area contributed by atoms with Gasteiger partial charge in [-0.05, 0) is 36.5 Å². The van der Waals surface area contributed by atoms with Gasteiger partial charge in [0.1, 0.15) is 0 Å². The van der Waals surface area contributed by atoms with E-state index in [9.17, 15) is 8.42 Å². The van der Waals surface area contributed by atoms with Gasteiger partial charge in [-0.15, -0.1) is 0 Å². The van der Waals surface area contributed by atoms with Crippen LogP contribution in [0.5, 0.6) is 0 Å². The second-order valence-electron chi connectivity index (χ2n) is 13.0. The predicted molar refractivity (Wildman–Crippen MR) is 170 cm³/mol. The van der Waals surface area contributed by atoms with Gasteiger partial charge in [-0.1, -0.05) is 170 Å². The minimum Gasteiger partial charge on any atom is -0.248 e. The normalized spacial score (nSPS) is 15.3. The van der Waals surface area contributed by atoms with Crippen molar-refractivity contribution >= 4 is 10.4 Å².